The lowest BCUT2D eigenvalue weighted by molar-refractivity contribution is 0.660. The summed E-state index contributed by atoms with van der Waals surface area (Å²) in [6.07, 6.45) is 0. The number of rotatable bonds is 5. The van der Waals surface area contributed by atoms with Gasteiger partial charge in [0, 0.05) is 38.9 Å². The second-order valence-electron chi connectivity index (χ2n) is 18.8. The standard InChI is InChI=1S/C64H44N2/c1-63(2)55-21-9-3-15-47(55)51-37-35-45(39-59(51)63)65(43-31-27-41(28-32-43)42-29-33-44(34-30-42)66-61-25-13-7-19-53(61)54-20-8-14-26-62(54)66)46-36-38-52-50-18-6-12-24-58(50)64(60(52)40-46)56-22-10-4-16-48(56)49-17-5-11-23-57(49)64/h3-40H,1-2H3. The van der Waals surface area contributed by atoms with Crippen LogP contribution in [0.3, 0.4) is 0 Å². The predicted octanol–water partition coefficient (Wildman–Crippen LogP) is 16.6. The summed E-state index contributed by atoms with van der Waals surface area (Å²) in [6, 6.07) is 86.2. The van der Waals surface area contributed by atoms with Crippen LogP contribution >= 0.6 is 0 Å². The van der Waals surface area contributed by atoms with Crippen LogP contribution in [0.1, 0.15) is 47.2 Å². The molecule has 3 aliphatic rings. The van der Waals surface area contributed by atoms with E-state index in [2.05, 4.69) is 254 Å². The Morgan fingerprint density at radius 3 is 1.23 bits per heavy atom. The number of nitrogens with zero attached hydrogens (tertiary/aromatic N) is 2. The van der Waals surface area contributed by atoms with Gasteiger partial charge in [-0.25, -0.2) is 0 Å². The molecule has 0 N–H and O–H groups in total. The summed E-state index contributed by atoms with van der Waals surface area (Å²) in [6.45, 7) is 4.75. The molecule has 2 nitrogen and oxygen atoms in total. The third-order valence-electron chi connectivity index (χ3n) is 15.2. The molecule has 0 fully saturated rings. The van der Waals surface area contributed by atoms with Gasteiger partial charge in [-0.05, 0) is 139 Å². The normalized spacial score (nSPS) is 14.2. The molecule has 0 unspecified atom stereocenters. The predicted molar refractivity (Wildman–Crippen MR) is 275 cm³/mol. The number of hydrogen-bond donors (Lipinski definition) is 0. The average molecular weight is 841 g/mol. The van der Waals surface area contributed by atoms with Crippen molar-refractivity contribution in [2.24, 2.45) is 0 Å². The number of hydrogen-bond acceptors (Lipinski definition) is 1. The first-order valence-corrected chi connectivity index (χ1v) is 23.2. The van der Waals surface area contributed by atoms with E-state index in [0.717, 1.165) is 22.7 Å². The molecular weight excluding hydrogens is 797 g/mol. The van der Waals surface area contributed by atoms with Crippen molar-refractivity contribution in [2.75, 3.05) is 4.90 Å². The van der Waals surface area contributed by atoms with Crippen molar-refractivity contribution >= 4 is 38.9 Å². The van der Waals surface area contributed by atoms with Crippen molar-refractivity contribution in [2.45, 2.75) is 24.7 Å². The minimum Gasteiger partial charge on any atom is -0.310 e. The Kier molecular flexibility index (Phi) is 7.70. The van der Waals surface area contributed by atoms with Crippen LogP contribution in [0, 0.1) is 0 Å². The van der Waals surface area contributed by atoms with Crippen molar-refractivity contribution in [1.29, 1.82) is 0 Å². The molecule has 0 atom stereocenters. The van der Waals surface area contributed by atoms with Crippen molar-refractivity contribution < 1.29 is 0 Å². The zero-order valence-corrected chi connectivity index (χ0v) is 36.8. The molecule has 0 bridgehead atoms. The van der Waals surface area contributed by atoms with Crippen LogP contribution in [-0.2, 0) is 10.8 Å². The first-order valence-electron chi connectivity index (χ1n) is 23.2. The number of para-hydroxylation sites is 2. The maximum absolute atomic E-state index is 2.50. The van der Waals surface area contributed by atoms with E-state index in [1.807, 2.05) is 0 Å². The largest absolute Gasteiger partial charge is 0.310 e. The number of anilines is 3. The molecule has 1 spiro atoms. The Morgan fingerprint density at radius 1 is 0.318 bits per heavy atom. The zero-order valence-electron chi connectivity index (χ0n) is 36.8. The summed E-state index contributed by atoms with van der Waals surface area (Å²) in [5.41, 5.74) is 24.8. The summed E-state index contributed by atoms with van der Waals surface area (Å²) >= 11 is 0. The second kappa shape index (κ2) is 13.7. The lowest BCUT2D eigenvalue weighted by atomic mass is 9.70. The Morgan fingerprint density at radius 2 is 0.697 bits per heavy atom. The molecule has 10 aromatic carbocycles. The first kappa shape index (κ1) is 37.2. The Hall–Kier alpha value is -8.20. The van der Waals surface area contributed by atoms with Crippen LogP contribution in [0.25, 0.3) is 72.0 Å². The molecule has 66 heavy (non-hydrogen) atoms. The van der Waals surface area contributed by atoms with Crippen LogP contribution in [0.5, 0.6) is 0 Å². The average Bonchev–Trinajstić information content (AvgIpc) is 4.05. The van der Waals surface area contributed by atoms with Crippen molar-refractivity contribution in [3.05, 3.63) is 264 Å². The molecule has 0 saturated heterocycles. The highest BCUT2D eigenvalue weighted by Gasteiger charge is 2.51. The van der Waals surface area contributed by atoms with E-state index in [1.54, 1.807) is 0 Å². The van der Waals surface area contributed by atoms with Gasteiger partial charge in [0.2, 0.25) is 0 Å². The molecule has 0 aliphatic heterocycles. The summed E-state index contributed by atoms with van der Waals surface area (Å²) in [5.74, 6) is 0. The lowest BCUT2D eigenvalue weighted by Crippen LogP contribution is -2.26. The molecule has 14 rings (SSSR count). The second-order valence-corrected chi connectivity index (χ2v) is 18.8. The van der Waals surface area contributed by atoms with Gasteiger partial charge >= 0.3 is 0 Å². The highest BCUT2D eigenvalue weighted by atomic mass is 15.1. The minimum atomic E-state index is -0.433. The maximum atomic E-state index is 2.50. The zero-order chi connectivity index (χ0) is 43.7. The van der Waals surface area contributed by atoms with E-state index in [4.69, 9.17) is 0 Å². The van der Waals surface area contributed by atoms with Crippen LogP contribution in [0.2, 0.25) is 0 Å². The Labute approximate surface area is 385 Å². The van der Waals surface area contributed by atoms with E-state index in [1.165, 1.54) is 99.7 Å². The van der Waals surface area contributed by atoms with Crippen molar-refractivity contribution in [3.63, 3.8) is 0 Å². The van der Waals surface area contributed by atoms with E-state index >= 15 is 0 Å². The van der Waals surface area contributed by atoms with Gasteiger partial charge in [0.1, 0.15) is 0 Å². The minimum absolute atomic E-state index is 0.135. The monoisotopic (exact) mass is 840 g/mol. The van der Waals surface area contributed by atoms with Gasteiger partial charge in [0.05, 0.1) is 16.4 Å². The van der Waals surface area contributed by atoms with E-state index < -0.39 is 5.41 Å². The first-order chi connectivity index (χ1) is 32.5. The van der Waals surface area contributed by atoms with E-state index in [-0.39, 0.29) is 5.41 Å². The van der Waals surface area contributed by atoms with Crippen LogP contribution < -0.4 is 4.90 Å². The molecule has 0 saturated carbocycles. The molecule has 11 aromatic rings. The lowest BCUT2D eigenvalue weighted by Gasteiger charge is -2.32. The number of fused-ring (bicyclic) bond motifs is 16. The van der Waals surface area contributed by atoms with E-state index in [9.17, 15) is 0 Å². The molecule has 3 aliphatic carbocycles. The van der Waals surface area contributed by atoms with Gasteiger partial charge in [-0.15, -0.1) is 0 Å². The topological polar surface area (TPSA) is 8.17 Å². The maximum Gasteiger partial charge on any atom is 0.0726 e. The highest BCUT2D eigenvalue weighted by molar-refractivity contribution is 6.09. The van der Waals surface area contributed by atoms with Gasteiger partial charge < -0.3 is 9.47 Å². The van der Waals surface area contributed by atoms with Crippen LogP contribution in [0.15, 0.2) is 231 Å². The molecule has 310 valence electrons. The molecule has 0 radical (unpaired) electrons. The third kappa shape index (κ3) is 4.96. The molecular formula is C64H44N2. The van der Waals surface area contributed by atoms with Crippen molar-refractivity contribution in [1.82, 2.24) is 4.57 Å². The van der Waals surface area contributed by atoms with Gasteiger partial charge in [-0.1, -0.05) is 184 Å². The summed E-state index contributed by atoms with van der Waals surface area (Å²) in [4.78, 5) is 2.48. The van der Waals surface area contributed by atoms with E-state index in [0.29, 0.717) is 0 Å². The fourth-order valence-corrected chi connectivity index (χ4v) is 12.3. The van der Waals surface area contributed by atoms with Crippen LogP contribution in [-0.4, -0.2) is 4.57 Å². The molecule has 2 heteroatoms. The Bertz CT molecular complexity index is 3670. The van der Waals surface area contributed by atoms with Crippen LogP contribution in [0.4, 0.5) is 17.1 Å². The smallest absolute Gasteiger partial charge is 0.0726 e. The number of aromatic nitrogens is 1. The van der Waals surface area contributed by atoms with Gasteiger partial charge in [0.15, 0.2) is 0 Å². The third-order valence-corrected chi connectivity index (χ3v) is 15.2. The van der Waals surface area contributed by atoms with Crippen molar-refractivity contribution in [3.8, 4) is 50.2 Å². The summed E-state index contributed by atoms with van der Waals surface area (Å²) in [7, 11) is 0. The van der Waals surface area contributed by atoms with Gasteiger partial charge in [0.25, 0.3) is 0 Å². The van der Waals surface area contributed by atoms with Gasteiger partial charge in [-0.3, -0.25) is 0 Å². The molecule has 1 heterocycles. The molecule has 1 aromatic heterocycles. The molecule has 0 amide bonds. The SMILES string of the molecule is CC1(C)c2ccccc2-c2ccc(N(c3ccc(-c4ccc(-n5c6ccccc6c6ccccc65)cc4)cc3)c3ccc4c(c3)C3(c5ccccc5-c5ccccc53)c3ccccc3-4)cc21. The fourth-order valence-electron chi connectivity index (χ4n) is 12.3. The highest BCUT2D eigenvalue weighted by Crippen LogP contribution is 2.63. The summed E-state index contributed by atoms with van der Waals surface area (Å²) < 4.78 is 2.38. The fraction of sp³-hybridized carbons (Fsp3) is 0.0625. The quantitative estimate of drug-likeness (QED) is 0.168. The Balaban J connectivity index is 0.923. The summed E-state index contributed by atoms with van der Waals surface area (Å²) in [5, 5.41) is 2.55. The van der Waals surface area contributed by atoms with Gasteiger partial charge in [-0.2, -0.15) is 0 Å². The number of benzene rings is 10.